The van der Waals surface area contributed by atoms with E-state index in [1.165, 1.54) is 30.2 Å². The summed E-state index contributed by atoms with van der Waals surface area (Å²) in [4.78, 5) is 4.85. The van der Waals surface area contributed by atoms with Crippen LogP contribution in [0.2, 0.25) is 0 Å². The lowest BCUT2D eigenvalue weighted by atomic mass is 9.99. The lowest BCUT2D eigenvalue weighted by molar-refractivity contribution is 0.400. The highest BCUT2D eigenvalue weighted by Gasteiger charge is 2.38. The Morgan fingerprint density at radius 2 is 2.00 bits per heavy atom. The zero-order valence-corrected chi connectivity index (χ0v) is 11.7. The Morgan fingerprint density at radius 3 is 2.56 bits per heavy atom. The first-order chi connectivity index (χ1) is 7.49. The fraction of sp³-hybridized carbons (Fsp3) is 0.923. The van der Waals surface area contributed by atoms with Crippen molar-refractivity contribution in [3.8, 4) is 0 Å². The SMILES string of the molecule is CC(C)C1CCSC(NC(C)(C)C2CC2)=N1. The van der Waals surface area contributed by atoms with E-state index in [4.69, 9.17) is 4.99 Å². The normalized spacial score (nSPS) is 26.8. The van der Waals surface area contributed by atoms with E-state index in [0.29, 0.717) is 12.0 Å². The molecule has 1 saturated carbocycles. The predicted molar refractivity (Wildman–Crippen MR) is 73.1 cm³/mol. The zero-order chi connectivity index (χ0) is 11.8. The minimum Gasteiger partial charge on any atom is -0.360 e. The second-order valence-electron chi connectivity index (χ2n) is 6.00. The topological polar surface area (TPSA) is 24.4 Å². The molecule has 1 aliphatic carbocycles. The second kappa shape index (κ2) is 4.59. The molecule has 1 heterocycles. The van der Waals surface area contributed by atoms with Gasteiger partial charge in [-0.1, -0.05) is 25.6 Å². The lowest BCUT2D eigenvalue weighted by Gasteiger charge is -2.31. The van der Waals surface area contributed by atoms with Gasteiger partial charge in [0.05, 0.1) is 6.04 Å². The van der Waals surface area contributed by atoms with Crippen molar-refractivity contribution in [2.45, 2.75) is 58.5 Å². The Hall–Kier alpha value is -0.180. The van der Waals surface area contributed by atoms with E-state index < -0.39 is 0 Å². The fourth-order valence-electron chi connectivity index (χ4n) is 2.26. The van der Waals surface area contributed by atoms with Gasteiger partial charge in [-0.2, -0.15) is 0 Å². The van der Waals surface area contributed by atoms with Gasteiger partial charge in [-0.3, -0.25) is 4.99 Å². The quantitative estimate of drug-likeness (QED) is 0.818. The van der Waals surface area contributed by atoms with Gasteiger partial charge in [0, 0.05) is 11.3 Å². The number of hydrogen-bond donors (Lipinski definition) is 1. The largest absolute Gasteiger partial charge is 0.360 e. The van der Waals surface area contributed by atoms with Gasteiger partial charge in [0.25, 0.3) is 0 Å². The number of nitrogens with zero attached hydrogens (tertiary/aromatic N) is 1. The Morgan fingerprint density at radius 1 is 1.31 bits per heavy atom. The summed E-state index contributed by atoms with van der Waals surface area (Å²) in [6, 6.07) is 0.527. The predicted octanol–water partition coefficient (Wildman–Crippen LogP) is 3.28. The van der Waals surface area contributed by atoms with Crippen molar-refractivity contribution in [3.05, 3.63) is 0 Å². The average Bonchev–Trinajstić information content (AvgIpc) is 3.00. The molecule has 0 amide bonds. The van der Waals surface area contributed by atoms with Gasteiger partial charge in [-0.15, -0.1) is 0 Å². The smallest absolute Gasteiger partial charge is 0.157 e. The van der Waals surface area contributed by atoms with E-state index >= 15 is 0 Å². The third-order valence-electron chi connectivity index (χ3n) is 3.73. The summed E-state index contributed by atoms with van der Waals surface area (Å²) in [6.45, 7) is 9.17. The molecule has 1 unspecified atom stereocenters. The number of amidine groups is 1. The van der Waals surface area contributed by atoms with Crippen LogP contribution in [0.4, 0.5) is 0 Å². The van der Waals surface area contributed by atoms with Crippen molar-refractivity contribution in [3.63, 3.8) is 0 Å². The first-order valence-corrected chi connectivity index (χ1v) is 7.46. The highest BCUT2D eigenvalue weighted by molar-refractivity contribution is 8.13. The van der Waals surface area contributed by atoms with Gasteiger partial charge in [-0.25, -0.2) is 0 Å². The summed E-state index contributed by atoms with van der Waals surface area (Å²) in [6.07, 6.45) is 3.99. The van der Waals surface area contributed by atoms with Gasteiger partial charge >= 0.3 is 0 Å². The number of thioether (sulfide) groups is 1. The molecular weight excluding hydrogens is 216 g/mol. The molecule has 0 bridgehead atoms. The van der Waals surface area contributed by atoms with Gasteiger partial charge in [0.2, 0.25) is 0 Å². The standard InChI is InChI=1S/C13H24N2S/c1-9(2)11-7-8-16-12(14-11)15-13(3,4)10-5-6-10/h9-11H,5-8H2,1-4H3,(H,14,15). The monoisotopic (exact) mass is 240 g/mol. The minimum absolute atomic E-state index is 0.241. The van der Waals surface area contributed by atoms with Crippen molar-refractivity contribution in [1.82, 2.24) is 5.32 Å². The van der Waals surface area contributed by atoms with Crippen LogP contribution < -0.4 is 5.32 Å². The lowest BCUT2D eigenvalue weighted by Crippen LogP contribution is -2.45. The summed E-state index contributed by atoms with van der Waals surface area (Å²) in [5.41, 5.74) is 0.241. The third kappa shape index (κ3) is 2.93. The summed E-state index contributed by atoms with van der Waals surface area (Å²) in [5.74, 6) is 2.74. The van der Waals surface area contributed by atoms with Crippen LogP contribution in [0.1, 0.15) is 47.0 Å². The van der Waals surface area contributed by atoms with Gasteiger partial charge in [0.1, 0.15) is 0 Å². The minimum atomic E-state index is 0.241. The van der Waals surface area contributed by atoms with Crippen LogP contribution in [-0.4, -0.2) is 22.5 Å². The molecule has 1 N–H and O–H groups in total. The summed E-state index contributed by atoms with van der Waals surface area (Å²) >= 11 is 1.90. The first kappa shape index (κ1) is 12.3. The van der Waals surface area contributed by atoms with E-state index in [-0.39, 0.29) is 5.54 Å². The van der Waals surface area contributed by atoms with Gasteiger partial charge in [0.15, 0.2) is 5.17 Å². The molecule has 0 radical (unpaired) electrons. The van der Waals surface area contributed by atoms with Gasteiger partial charge < -0.3 is 5.32 Å². The molecule has 0 aromatic carbocycles. The highest BCUT2D eigenvalue weighted by Crippen LogP contribution is 2.39. The molecule has 0 aromatic rings. The Labute approximate surface area is 104 Å². The Kier molecular flexibility index (Phi) is 3.53. The Balaban J connectivity index is 1.98. The maximum Gasteiger partial charge on any atom is 0.157 e. The highest BCUT2D eigenvalue weighted by atomic mass is 32.2. The second-order valence-corrected chi connectivity index (χ2v) is 7.09. The number of aliphatic imine (C=N–C) groups is 1. The number of rotatable bonds is 3. The Bertz CT molecular complexity index is 280. The van der Waals surface area contributed by atoms with Crippen molar-refractivity contribution in [2.75, 3.05) is 5.75 Å². The average molecular weight is 240 g/mol. The van der Waals surface area contributed by atoms with Crippen LogP contribution in [0.5, 0.6) is 0 Å². The van der Waals surface area contributed by atoms with Crippen molar-refractivity contribution >= 4 is 16.9 Å². The summed E-state index contributed by atoms with van der Waals surface area (Å²) in [5, 5.41) is 4.84. The molecule has 2 nitrogen and oxygen atoms in total. The molecule has 92 valence electrons. The van der Waals surface area contributed by atoms with Gasteiger partial charge in [-0.05, 0) is 44.9 Å². The van der Waals surface area contributed by atoms with E-state index in [0.717, 1.165) is 5.92 Å². The van der Waals surface area contributed by atoms with E-state index in [2.05, 4.69) is 33.0 Å². The molecule has 0 spiro atoms. The third-order valence-corrected chi connectivity index (χ3v) is 4.65. The molecule has 2 rings (SSSR count). The molecular formula is C13H24N2S. The summed E-state index contributed by atoms with van der Waals surface area (Å²) < 4.78 is 0. The fourth-order valence-corrected chi connectivity index (χ4v) is 3.36. The van der Waals surface area contributed by atoms with Crippen molar-refractivity contribution < 1.29 is 0 Å². The van der Waals surface area contributed by atoms with Crippen LogP contribution in [0.15, 0.2) is 4.99 Å². The van der Waals surface area contributed by atoms with Crippen molar-refractivity contribution in [2.24, 2.45) is 16.8 Å². The van der Waals surface area contributed by atoms with Crippen molar-refractivity contribution in [1.29, 1.82) is 0 Å². The summed E-state index contributed by atoms with van der Waals surface area (Å²) in [7, 11) is 0. The maximum atomic E-state index is 4.85. The zero-order valence-electron chi connectivity index (χ0n) is 10.9. The number of hydrogen-bond acceptors (Lipinski definition) is 3. The van der Waals surface area contributed by atoms with E-state index in [9.17, 15) is 0 Å². The van der Waals surface area contributed by atoms with Crippen LogP contribution >= 0.6 is 11.8 Å². The van der Waals surface area contributed by atoms with Crippen LogP contribution in [0, 0.1) is 11.8 Å². The maximum absolute atomic E-state index is 4.85. The molecule has 3 heteroatoms. The molecule has 1 atom stereocenters. The number of nitrogens with one attached hydrogen (secondary N) is 1. The van der Waals surface area contributed by atoms with Crippen LogP contribution in [0.25, 0.3) is 0 Å². The van der Waals surface area contributed by atoms with Crippen LogP contribution in [-0.2, 0) is 0 Å². The van der Waals surface area contributed by atoms with E-state index in [1.54, 1.807) is 0 Å². The molecule has 16 heavy (non-hydrogen) atoms. The molecule has 1 aliphatic heterocycles. The first-order valence-electron chi connectivity index (χ1n) is 6.48. The molecule has 0 saturated heterocycles. The van der Waals surface area contributed by atoms with E-state index in [1.807, 2.05) is 11.8 Å². The molecule has 2 aliphatic rings. The molecule has 0 aromatic heterocycles. The van der Waals surface area contributed by atoms with Crippen LogP contribution in [0.3, 0.4) is 0 Å². The molecule has 1 fully saturated rings.